The third-order valence-corrected chi connectivity index (χ3v) is 2.82. The van der Waals surface area contributed by atoms with Crippen LogP contribution in [-0.4, -0.2) is 11.0 Å². The second kappa shape index (κ2) is 4.54. The Bertz CT molecular complexity index is 338. The monoisotopic (exact) mass is 279 g/mol. The molecule has 1 aromatic rings. The van der Waals surface area contributed by atoms with Gasteiger partial charge in [-0.1, -0.05) is 0 Å². The van der Waals surface area contributed by atoms with E-state index >= 15 is 0 Å². The van der Waals surface area contributed by atoms with Crippen LogP contribution in [0.1, 0.15) is 9.67 Å². The second-order valence-electron chi connectivity index (χ2n) is 2.05. The molecule has 0 radical (unpaired) electrons. The number of hydrogen-bond acceptors (Lipinski definition) is 3. The van der Waals surface area contributed by atoms with Gasteiger partial charge in [-0.3, -0.25) is 15.6 Å². The Hall–Kier alpha value is -0.660. The lowest BCUT2D eigenvalue weighted by Gasteiger charge is -2.03. The molecule has 0 unspecified atom stereocenters. The highest BCUT2D eigenvalue weighted by atomic mass is 79.9. The van der Waals surface area contributed by atoms with Crippen LogP contribution in [-0.2, 0) is 0 Å². The summed E-state index contributed by atoms with van der Waals surface area (Å²) in [6.07, 6.45) is 0. The number of nitrogens with two attached hydrogens (primary N) is 1. The number of carbonyl (C=O) groups is 1. The molecule has 7 heteroatoms. The van der Waals surface area contributed by atoms with Crippen LogP contribution in [0.4, 0.5) is 0 Å². The van der Waals surface area contributed by atoms with Crippen LogP contribution in [0.3, 0.4) is 0 Å². The number of nitrogens with one attached hydrogen (secondary N) is 2. The van der Waals surface area contributed by atoms with Crippen LogP contribution in [0.2, 0.25) is 0 Å². The molecule has 0 saturated carbocycles. The number of carbonyl (C=O) groups excluding carboxylic acids is 1. The van der Waals surface area contributed by atoms with Crippen molar-refractivity contribution in [1.29, 1.82) is 0 Å². The van der Waals surface area contributed by atoms with Crippen LogP contribution >= 0.6 is 39.5 Å². The Balaban J connectivity index is 2.54. The molecular weight excluding hydrogens is 274 g/mol. The van der Waals surface area contributed by atoms with Crippen molar-refractivity contribution in [3.63, 3.8) is 0 Å². The smallest absolute Gasteiger partial charge is 0.279 e. The highest BCUT2D eigenvalue weighted by Crippen LogP contribution is 2.21. The van der Waals surface area contributed by atoms with Gasteiger partial charge in [0.2, 0.25) is 0 Å². The Morgan fingerprint density at radius 3 is 2.69 bits per heavy atom. The second-order valence-corrected chi connectivity index (χ2v) is 4.95. The van der Waals surface area contributed by atoms with Gasteiger partial charge in [-0.25, -0.2) is 0 Å². The minimum absolute atomic E-state index is 0.0315. The number of hydrogen-bond donors (Lipinski definition) is 3. The SMILES string of the molecule is NC(=S)NNC(=O)c1ccc(Br)s1. The molecule has 0 aliphatic carbocycles. The molecule has 4 N–H and O–H groups in total. The number of thiocarbonyl (C=S) groups is 1. The Morgan fingerprint density at radius 1 is 1.54 bits per heavy atom. The van der Waals surface area contributed by atoms with Gasteiger partial charge < -0.3 is 5.73 Å². The molecule has 0 saturated heterocycles. The molecule has 1 aromatic heterocycles. The Morgan fingerprint density at radius 2 is 2.23 bits per heavy atom. The van der Waals surface area contributed by atoms with Gasteiger partial charge in [-0.2, -0.15) is 0 Å². The van der Waals surface area contributed by atoms with Gasteiger partial charge in [0.05, 0.1) is 8.66 Å². The molecule has 1 rings (SSSR count). The average molecular weight is 280 g/mol. The van der Waals surface area contributed by atoms with Gasteiger partial charge in [0.15, 0.2) is 5.11 Å². The summed E-state index contributed by atoms with van der Waals surface area (Å²) < 4.78 is 0.896. The van der Waals surface area contributed by atoms with Crippen LogP contribution in [0, 0.1) is 0 Å². The van der Waals surface area contributed by atoms with Gasteiger partial charge in [-0.15, -0.1) is 11.3 Å². The van der Waals surface area contributed by atoms with E-state index in [-0.39, 0.29) is 11.0 Å². The normalized spacial score (nSPS) is 9.31. The first-order valence-corrected chi connectivity index (χ1v) is 5.22. The fraction of sp³-hybridized carbons (Fsp3) is 0. The molecule has 4 nitrogen and oxygen atoms in total. The number of amides is 1. The summed E-state index contributed by atoms with van der Waals surface area (Å²) in [6.45, 7) is 0. The fourth-order valence-electron chi connectivity index (χ4n) is 0.616. The van der Waals surface area contributed by atoms with E-state index in [1.165, 1.54) is 11.3 Å². The molecule has 0 atom stereocenters. The zero-order valence-corrected chi connectivity index (χ0v) is 9.55. The zero-order valence-electron chi connectivity index (χ0n) is 6.33. The maximum absolute atomic E-state index is 11.3. The van der Waals surface area contributed by atoms with Gasteiger partial charge in [-0.05, 0) is 40.3 Å². The molecule has 1 heterocycles. The van der Waals surface area contributed by atoms with E-state index in [2.05, 4.69) is 39.0 Å². The van der Waals surface area contributed by atoms with Crippen molar-refractivity contribution in [2.45, 2.75) is 0 Å². The van der Waals surface area contributed by atoms with Crippen molar-refractivity contribution in [3.8, 4) is 0 Å². The largest absolute Gasteiger partial charge is 0.375 e. The average Bonchev–Trinajstić information content (AvgIpc) is 2.47. The molecule has 0 aliphatic rings. The van der Waals surface area contributed by atoms with Gasteiger partial charge in [0.1, 0.15) is 0 Å². The quantitative estimate of drug-likeness (QED) is 0.530. The van der Waals surface area contributed by atoms with E-state index < -0.39 is 0 Å². The Labute approximate surface area is 92.6 Å². The third-order valence-electron chi connectivity index (χ3n) is 1.10. The topological polar surface area (TPSA) is 67.2 Å². The molecule has 0 aromatic carbocycles. The standard InChI is InChI=1S/C6H6BrN3OS2/c7-4-2-1-3(13-4)5(11)9-10-6(8)12/h1-2H,(H,9,11)(H3,8,10,12). The van der Waals surface area contributed by atoms with Crippen LogP contribution in [0.5, 0.6) is 0 Å². The molecule has 1 amide bonds. The highest BCUT2D eigenvalue weighted by Gasteiger charge is 2.07. The van der Waals surface area contributed by atoms with Crippen molar-refractivity contribution in [2.24, 2.45) is 5.73 Å². The first kappa shape index (κ1) is 10.4. The maximum atomic E-state index is 11.3. The molecule has 0 aliphatic heterocycles. The van der Waals surface area contributed by atoms with E-state index in [1.807, 2.05) is 0 Å². The maximum Gasteiger partial charge on any atom is 0.279 e. The Kier molecular flexibility index (Phi) is 3.64. The fourth-order valence-corrected chi connectivity index (χ4v) is 1.95. The zero-order chi connectivity index (χ0) is 9.84. The van der Waals surface area contributed by atoms with Crippen LogP contribution < -0.4 is 16.6 Å². The highest BCUT2D eigenvalue weighted by molar-refractivity contribution is 9.11. The van der Waals surface area contributed by atoms with Gasteiger partial charge in [0, 0.05) is 0 Å². The molecule has 0 spiro atoms. The van der Waals surface area contributed by atoms with Crippen molar-refractivity contribution in [2.75, 3.05) is 0 Å². The van der Waals surface area contributed by atoms with E-state index in [4.69, 9.17) is 5.73 Å². The van der Waals surface area contributed by atoms with Crippen molar-refractivity contribution < 1.29 is 4.79 Å². The van der Waals surface area contributed by atoms with Crippen LogP contribution in [0.15, 0.2) is 15.9 Å². The lowest BCUT2D eigenvalue weighted by atomic mass is 10.4. The van der Waals surface area contributed by atoms with Crippen LogP contribution in [0.25, 0.3) is 0 Å². The summed E-state index contributed by atoms with van der Waals surface area (Å²) >= 11 is 9.09. The number of halogens is 1. The lowest BCUT2D eigenvalue weighted by molar-refractivity contribution is 0.0948. The first-order chi connectivity index (χ1) is 6.09. The summed E-state index contributed by atoms with van der Waals surface area (Å²) in [5, 5.41) is 0.0315. The minimum Gasteiger partial charge on any atom is -0.375 e. The molecular formula is C6H6BrN3OS2. The van der Waals surface area contributed by atoms with Gasteiger partial charge >= 0.3 is 0 Å². The summed E-state index contributed by atoms with van der Waals surface area (Å²) in [4.78, 5) is 11.8. The van der Waals surface area contributed by atoms with E-state index in [9.17, 15) is 4.79 Å². The van der Waals surface area contributed by atoms with Crippen molar-refractivity contribution in [3.05, 3.63) is 20.8 Å². The first-order valence-electron chi connectivity index (χ1n) is 3.20. The summed E-state index contributed by atoms with van der Waals surface area (Å²) in [5.74, 6) is -0.261. The van der Waals surface area contributed by atoms with E-state index in [1.54, 1.807) is 12.1 Å². The van der Waals surface area contributed by atoms with E-state index in [0.29, 0.717) is 4.88 Å². The minimum atomic E-state index is -0.261. The number of rotatable bonds is 1. The number of thiophene rings is 1. The summed E-state index contributed by atoms with van der Waals surface area (Å²) in [7, 11) is 0. The predicted octanol–water partition coefficient (Wildman–Crippen LogP) is 0.989. The van der Waals surface area contributed by atoms with Crippen molar-refractivity contribution in [1.82, 2.24) is 10.9 Å². The third kappa shape index (κ3) is 3.29. The summed E-state index contributed by atoms with van der Waals surface area (Å²) in [5.41, 5.74) is 9.82. The number of hydrazine groups is 1. The van der Waals surface area contributed by atoms with Crippen molar-refractivity contribution >= 4 is 50.5 Å². The molecule has 0 bridgehead atoms. The van der Waals surface area contributed by atoms with E-state index in [0.717, 1.165) is 3.79 Å². The predicted molar refractivity (Wildman–Crippen MR) is 59.4 cm³/mol. The molecule has 13 heavy (non-hydrogen) atoms. The molecule has 70 valence electrons. The van der Waals surface area contributed by atoms with Gasteiger partial charge in [0.25, 0.3) is 5.91 Å². The molecule has 0 fully saturated rings. The lowest BCUT2D eigenvalue weighted by Crippen LogP contribution is -2.44. The summed E-state index contributed by atoms with van der Waals surface area (Å²) in [6, 6.07) is 3.49.